The fraction of sp³-hybridized carbons (Fsp3) is 0.913. The Balaban J connectivity index is 1.36. The molecule has 0 aliphatic heterocycles. The van der Waals surface area contributed by atoms with Crippen molar-refractivity contribution in [2.24, 2.45) is 46.3 Å². The third-order valence-electron chi connectivity index (χ3n) is 9.30. The zero-order chi connectivity index (χ0) is 15.9. The molecule has 0 aromatic heterocycles. The van der Waals surface area contributed by atoms with Crippen molar-refractivity contribution < 1.29 is 0 Å². The minimum Gasteiger partial charge on any atom is -0.134 e. The molecule has 0 atom stereocenters. The van der Waals surface area contributed by atoms with E-state index in [0.717, 1.165) is 35.5 Å². The second kappa shape index (κ2) is 5.08. The van der Waals surface area contributed by atoms with Crippen molar-refractivity contribution >= 4 is 11.8 Å². The highest BCUT2D eigenvalue weighted by molar-refractivity contribution is 8.02. The standard InChI is InChI=1S/C23H34S/c1-24-21(23-11-18-5-19(12-23)7-20(6-18)13-23)14-22-8-15-2-16(9-22)4-17(3-15)10-22/h14-20H,2-13H2,1H3/b21-14-. The van der Waals surface area contributed by atoms with E-state index in [2.05, 4.69) is 24.1 Å². The maximum absolute atomic E-state index is 2.94. The summed E-state index contributed by atoms with van der Waals surface area (Å²) in [5, 5.41) is 0. The lowest BCUT2D eigenvalue weighted by atomic mass is 9.47. The molecule has 1 heteroatoms. The minimum atomic E-state index is 0.635. The van der Waals surface area contributed by atoms with E-state index in [9.17, 15) is 0 Å². The summed E-state index contributed by atoms with van der Waals surface area (Å²) in [4.78, 5) is 1.88. The van der Waals surface area contributed by atoms with Gasteiger partial charge in [0.1, 0.15) is 0 Å². The molecule has 0 heterocycles. The van der Waals surface area contributed by atoms with Crippen LogP contribution in [0.1, 0.15) is 77.0 Å². The van der Waals surface area contributed by atoms with Crippen LogP contribution in [0.3, 0.4) is 0 Å². The second-order valence-electron chi connectivity index (χ2n) is 11.2. The van der Waals surface area contributed by atoms with Crippen molar-refractivity contribution in [3.63, 3.8) is 0 Å². The first-order chi connectivity index (χ1) is 11.6. The first-order valence-electron chi connectivity index (χ1n) is 10.9. The number of allylic oxidation sites excluding steroid dienone is 2. The van der Waals surface area contributed by atoms with Crippen LogP contribution in [-0.4, -0.2) is 6.26 Å². The van der Waals surface area contributed by atoms with Crippen LogP contribution < -0.4 is 0 Å². The van der Waals surface area contributed by atoms with E-state index in [1.165, 1.54) is 0 Å². The van der Waals surface area contributed by atoms with Crippen molar-refractivity contribution in [2.75, 3.05) is 6.26 Å². The summed E-state index contributed by atoms with van der Waals surface area (Å²) in [5.74, 6) is 6.53. The van der Waals surface area contributed by atoms with Gasteiger partial charge in [0.25, 0.3) is 0 Å². The van der Waals surface area contributed by atoms with Crippen LogP contribution in [0.2, 0.25) is 0 Å². The van der Waals surface area contributed by atoms with Crippen LogP contribution in [-0.2, 0) is 0 Å². The molecule has 0 saturated heterocycles. The van der Waals surface area contributed by atoms with E-state index < -0.39 is 0 Å². The molecule has 132 valence electrons. The molecule has 8 aliphatic carbocycles. The Labute approximate surface area is 152 Å². The molecule has 0 radical (unpaired) electrons. The van der Waals surface area contributed by atoms with Crippen molar-refractivity contribution in [3.05, 3.63) is 11.0 Å². The van der Waals surface area contributed by atoms with E-state index >= 15 is 0 Å². The van der Waals surface area contributed by atoms with Crippen LogP contribution in [0.15, 0.2) is 11.0 Å². The lowest BCUT2D eigenvalue weighted by molar-refractivity contribution is -0.0353. The van der Waals surface area contributed by atoms with Crippen molar-refractivity contribution in [2.45, 2.75) is 77.0 Å². The van der Waals surface area contributed by atoms with Gasteiger partial charge in [-0.2, -0.15) is 0 Å². The van der Waals surface area contributed by atoms with Crippen molar-refractivity contribution in [1.29, 1.82) is 0 Å². The normalized spacial score (nSPS) is 57.8. The summed E-state index contributed by atoms with van der Waals surface area (Å²) in [6.45, 7) is 0. The molecule has 0 aromatic carbocycles. The largest absolute Gasteiger partial charge is 0.134 e. The Hall–Kier alpha value is 0.0900. The van der Waals surface area contributed by atoms with Gasteiger partial charge in [-0.1, -0.05) is 6.08 Å². The molecule has 8 rings (SSSR count). The Bertz CT molecular complexity index is 500. The number of thioether (sulfide) groups is 1. The Morgan fingerprint density at radius 1 is 0.667 bits per heavy atom. The average molecular weight is 343 g/mol. The average Bonchev–Trinajstić information content (AvgIpc) is 2.50. The molecule has 0 unspecified atom stereocenters. The van der Waals surface area contributed by atoms with Crippen LogP contribution in [0.5, 0.6) is 0 Å². The molecule has 0 aromatic rings. The molecule has 0 spiro atoms. The van der Waals surface area contributed by atoms with Gasteiger partial charge >= 0.3 is 0 Å². The molecule has 8 fully saturated rings. The highest BCUT2D eigenvalue weighted by Crippen LogP contribution is 2.66. The highest BCUT2D eigenvalue weighted by Gasteiger charge is 2.54. The third kappa shape index (κ3) is 2.18. The number of hydrogen-bond acceptors (Lipinski definition) is 1. The van der Waals surface area contributed by atoms with Gasteiger partial charge in [0.05, 0.1) is 0 Å². The molecule has 8 bridgehead atoms. The van der Waals surface area contributed by atoms with E-state index in [1.54, 1.807) is 77.0 Å². The minimum absolute atomic E-state index is 0.635. The topological polar surface area (TPSA) is 0 Å². The predicted molar refractivity (Wildman–Crippen MR) is 103 cm³/mol. The highest BCUT2D eigenvalue weighted by atomic mass is 32.2. The molecule has 24 heavy (non-hydrogen) atoms. The molecule has 0 nitrogen and oxygen atoms in total. The van der Waals surface area contributed by atoms with Crippen LogP contribution >= 0.6 is 11.8 Å². The Kier molecular flexibility index (Phi) is 3.21. The lowest BCUT2D eigenvalue weighted by Crippen LogP contribution is -2.48. The summed E-state index contributed by atoms with van der Waals surface area (Å²) in [6.07, 6.45) is 24.2. The summed E-state index contributed by atoms with van der Waals surface area (Å²) in [6, 6.07) is 0. The molecule has 8 saturated carbocycles. The Morgan fingerprint density at radius 2 is 1.04 bits per heavy atom. The zero-order valence-electron chi connectivity index (χ0n) is 15.4. The first-order valence-corrected chi connectivity index (χ1v) is 12.1. The maximum Gasteiger partial charge on any atom is 0.00176 e. The number of hydrogen-bond donors (Lipinski definition) is 0. The summed E-state index contributed by atoms with van der Waals surface area (Å²) in [7, 11) is 0. The summed E-state index contributed by atoms with van der Waals surface area (Å²) >= 11 is 2.17. The monoisotopic (exact) mass is 342 g/mol. The Morgan fingerprint density at radius 3 is 1.42 bits per heavy atom. The molecular formula is C23H34S. The predicted octanol–water partition coefficient (Wildman–Crippen LogP) is 6.67. The fourth-order valence-corrected chi connectivity index (χ4v) is 10.5. The third-order valence-corrected chi connectivity index (χ3v) is 10.3. The molecule has 0 N–H and O–H groups in total. The first kappa shape index (κ1) is 15.2. The zero-order valence-corrected chi connectivity index (χ0v) is 16.3. The van der Waals surface area contributed by atoms with Gasteiger partial charge in [-0.15, -0.1) is 11.8 Å². The lowest BCUT2D eigenvalue weighted by Gasteiger charge is -2.59. The summed E-state index contributed by atoms with van der Waals surface area (Å²) < 4.78 is 0. The number of rotatable bonds is 3. The summed E-state index contributed by atoms with van der Waals surface area (Å²) in [5.41, 5.74) is 1.27. The van der Waals surface area contributed by atoms with Crippen molar-refractivity contribution in [1.82, 2.24) is 0 Å². The van der Waals surface area contributed by atoms with Gasteiger partial charge in [0.15, 0.2) is 0 Å². The van der Waals surface area contributed by atoms with Gasteiger partial charge < -0.3 is 0 Å². The van der Waals surface area contributed by atoms with E-state index in [0.29, 0.717) is 10.8 Å². The molecule has 8 aliphatic rings. The van der Waals surface area contributed by atoms with Crippen LogP contribution in [0.25, 0.3) is 0 Å². The maximum atomic E-state index is 2.94. The van der Waals surface area contributed by atoms with E-state index in [1.807, 2.05) is 4.91 Å². The van der Waals surface area contributed by atoms with E-state index in [4.69, 9.17) is 0 Å². The van der Waals surface area contributed by atoms with Crippen LogP contribution in [0, 0.1) is 46.3 Å². The second-order valence-corrected chi connectivity index (χ2v) is 12.0. The molecule has 0 amide bonds. The van der Waals surface area contributed by atoms with Gasteiger partial charge in [-0.05, 0) is 129 Å². The quantitative estimate of drug-likeness (QED) is 0.552. The van der Waals surface area contributed by atoms with Gasteiger partial charge in [-0.3, -0.25) is 0 Å². The van der Waals surface area contributed by atoms with Crippen molar-refractivity contribution in [3.8, 4) is 0 Å². The molecular weight excluding hydrogens is 308 g/mol. The van der Waals surface area contributed by atoms with Gasteiger partial charge in [-0.25, -0.2) is 0 Å². The fourth-order valence-electron chi connectivity index (χ4n) is 9.47. The van der Waals surface area contributed by atoms with Gasteiger partial charge in [0.2, 0.25) is 0 Å². The van der Waals surface area contributed by atoms with Gasteiger partial charge in [0, 0.05) is 5.41 Å². The SMILES string of the molecule is CS/C(=C\C12CC3CC(CC(C3)C1)C2)C12CC3CC(CC(C3)C1)C2. The van der Waals surface area contributed by atoms with Crippen LogP contribution in [0.4, 0.5) is 0 Å². The van der Waals surface area contributed by atoms with E-state index in [-0.39, 0.29) is 0 Å². The smallest absolute Gasteiger partial charge is 0.00176 e.